The van der Waals surface area contributed by atoms with Gasteiger partial charge >= 0.3 is 5.97 Å². The zero-order valence-electron chi connectivity index (χ0n) is 11.7. The van der Waals surface area contributed by atoms with E-state index < -0.39 is 0 Å². The molecule has 1 saturated carbocycles. The maximum Gasteiger partial charge on any atom is 0.325 e. The van der Waals surface area contributed by atoms with Crippen LogP contribution in [0, 0.1) is 6.92 Å². The van der Waals surface area contributed by atoms with E-state index >= 15 is 0 Å². The molecule has 0 spiro atoms. The highest BCUT2D eigenvalue weighted by molar-refractivity contribution is 9.10. The second-order valence-electron chi connectivity index (χ2n) is 4.93. The number of carbonyl (C=O) groups is 2. The van der Waals surface area contributed by atoms with E-state index in [1.165, 1.54) is 0 Å². The van der Waals surface area contributed by atoms with Crippen LogP contribution in [0.15, 0.2) is 22.7 Å². The van der Waals surface area contributed by atoms with Crippen molar-refractivity contribution in [1.82, 2.24) is 4.90 Å². The summed E-state index contributed by atoms with van der Waals surface area (Å²) in [5, 5.41) is 0. The minimum Gasteiger partial charge on any atom is -0.465 e. The summed E-state index contributed by atoms with van der Waals surface area (Å²) in [7, 11) is 0. The number of nitrogens with zero attached hydrogens (tertiary/aromatic N) is 1. The van der Waals surface area contributed by atoms with Crippen molar-refractivity contribution < 1.29 is 14.3 Å². The van der Waals surface area contributed by atoms with Crippen molar-refractivity contribution in [3.8, 4) is 0 Å². The van der Waals surface area contributed by atoms with E-state index in [-0.39, 0.29) is 24.5 Å². The van der Waals surface area contributed by atoms with Crippen LogP contribution in [0.25, 0.3) is 0 Å². The molecule has 0 atom stereocenters. The molecule has 0 radical (unpaired) electrons. The first kappa shape index (κ1) is 15.0. The molecule has 1 aromatic carbocycles. The molecule has 0 N–H and O–H groups in total. The van der Waals surface area contributed by atoms with Gasteiger partial charge in [0, 0.05) is 16.1 Å². The maximum atomic E-state index is 12.6. The fourth-order valence-corrected chi connectivity index (χ4v) is 2.44. The molecule has 0 unspecified atom stereocenters. The van der Waals surface area contributed by atoms with E-state index in [2.05, 4.69) is 15.9 Å². The van der Waals surface area contributed by atoms with Crippen molar-refractivity contribution in [3.05, 3.63) is 33.8 Å². The molecular formula is C15H18BrNO3. The number of amides is 1. The zero-order valence-corrected chi connectivity index (χ0v) is 13.3. The van der Waals surface area contributed by atoms with Crippen molar-refractivity contribution >= 4 is 27.8 Å². The summed E-state index contributed by atoms with van der Waals surface area (Å²) in [4.78, 5) is 25.9. The Labute approximate surface area is 127 Å². The average Bonchev–Trinajstić information content (AvgIpc) is 3.23. The van der Waals surface area contributed by atoms with E-state index in [1.54, 1.807) is 17.9 Å². The quantitative estimate of drug-likeness (QED) is 0.775. The Kier molecular flexibility index (Phi) is 4.81. The molecule has 0 aromatic heterocycles. The number of benzene rings is 1. The van der Waals surface area contributed by atoms with Gasteiger partial charge in [-0.15, -0.1) is 0 Å². The maximum absolute atomic E-state index is 12.6. The molecule has 0 saturated heterocycles. The Morgan fingerprint density at radius 2 is 2.10 bits per heavy atom. The number of ether oxygens (including phenoxy) is 1. The second kappa shape index (κ2) is 6.39. The molecule has 4 nitrogen and oxygen atoms in total. The normalized spacial score (nSPS) is 13.9. The number of esters is 1. The molecule has 0 bridgehead atoms. The molecular weight excluding hydrogens is 322 g/mol. The first-order valence-electron chi connectivity index (χ1n) is 6.75. The molecule has 2 rings (SSSR count). The molecule has 0 heterocycles. The summed E-state index contributed by atoms with van der Waals surface area (Å²) >= 11 is 3.38. The molecule has 108 valence electrons. The van der Waals surface area contributed by atoms with Crippen molar-refractivity contribution in [2.24, 2.45) is 0 Å². The summed E-state index contributed by atoms with van der Waals surface area (Å²) < 4.78 is 5.81. The lowest BCUT2D eigenvalue weighted by Crippen LogP contribution is -2.38. The van der Waals surface area contributed by atoms with Crippen LogP contribution >= 0.6 is 15.9 Å². The molecule has 1 amide bonds. The fourth-order valence-electron chi connectivity index (χ4n) is 2.08. The van der Waals surface area contributed by atoms with Crippen LogP contribution in [0.1, 0.15) is 35.7 Å². The number of hydrogen-bond donors (Lipinski definition) is 0. The Morgan fingerprint density at radius 3 is 2.70 bits per heavy atom. The zero-order chi connectivity index (χ0) is 14.7. The monoisotopic (exact) mass is 339 g/mol. The predicted octanol–water partition coefficient (Wildman–Crippen LogP) is 2.93. The SMILES string of the molecule is CCOC(=O)CN(C(=O)c1cc(Br)ccc1C)C1CC1. The summed E-state index contributed by atoms with van der Waals surface area (Å²) in [6.07, 6.45) is 1.91. The van der Waals surface area contributed by atoms with Crippen molar-refractivity contribution in [2.75, 3.05) is 13.2 Å². The second-order valence-corrected chi connectivity index (χ2v) is 5.84. The lowest BCUT2D eigenvalue weighted by Gasteiger charge is -2.22. The first-order valence-corrected chi connectivity index (χ1v) is 7.55. The van der Waals surface area contributed by atoms with Gasteiger partial charge < -0.3 is 9.64 Å². The van der Waals surface area contributed by atoms with Gasteiger partial charge in [0.15, 0.2) is 0 Å². The van der Waals surface area contributed by atoms with E-state index in [9.17, 15) is 9.59 Å². The number of rotatable bonds is 5. The third-order valence-electron chi connectivity index (χ3n) is 3.28. The predicted molar refractivity (Wildman–Crippen MR) is 79.6 cm³/mol. The van der Waals surface area contributed by atoms with Gasteiger partial charge in [0.2, 0.25) is 0 Å². The van der Waals surface area contributed by atoms with E-state index in [0.29, 0.717) is 12.2 Å². The lowest BCUT2D eigenvalue weighted by atomic mass is 10.1. The molecule has 5 heteroatoms. The Balaban J connectivity index is 2.18. The Hall–Kier alpha value is -1.36. The molecule has 20 heavy (non-hydrogen) atoms. The van der Waals surface area contributed by atoms with Crippen LogP contribution in [0.4, 0.5) is 0 Å². The molecule has 1 aliphatic rings. The van der Waals surface area contributed by atoms with E-state index in [0.717, 1.165) is 22.9 Å². The topological polar surface area (TPSA) is 46.6 Å². The van der Waals surface area contributed by atoms with Gasteiger partial charge in [-0.3, -0.25) is 9.59 Å². The van der Waals surface area contributed by atoms with Gasteiger partial charge in [0.25, 0.3) is 5.91 Å². The van der Waals surface area contributed by atoms with Gasteiger partial charge in [0.05, 0.1) is 6.61 Å². The smallest absolute Gasteiger partial charge is 0.325 e. The Morgan fingerprint density at radius 1 is 1.40 bits per heavy atom. The van der Waals surface area contributed by atoms with Gasteiger partial charge in [0.1, 0.15) is 6.54 Å². The summed E-state index contributed by atoms with van der Waals surface area (Å²) in [5.74, 6) is -0.445. The summed E-state index contributed by atoms with van der Waals surface area (Å²) in [6.45, 7) is 4.03. The largest absolute Gasteiger partial charge is 0.465 e. The fraction of sp³-hybridized carbons (Fsp3) is 0.467. The van der Waals surface area contributed by atoms with Gasteiger partial charge in [-0.1, -0.05) is 22.0 Å². The van der Waals surface area contributed by atoms with Crippen molar-refractivity contribution in [2.45, 2.75) is 32.7 Å². The third kappa shape index (κ3) is 3.60. The molecule has 0 aliphatic heterocycles. The van der Waals surface area contributed by atoms with Crippen LogP contribution in [0.5, 0.6) is 0 Å². The standard InChI is InChI=1S/C15H18BrNO3/c1-3-20-14(18)9-17(12-6-7-12)15(19)13-8-11(16)5-4-10(13)2/h4-5,8,12H,3,6-7,9H2,1-2H3. The lowest BCUT2D eigenvalue weighted by molar-refractivity contribution is -0.144. The van der Waals surface area contributed by atoms with Gasteiger partial charge in [-0.05, 0) is 44.4 Å². The summed E-state index contributed by atoms with van der Waals surface area (Å²) in [6, 6.07) is 5.77. The molecule has 1 fully saturated rings. The van der Waals surface area contributed by atoms with Crippen LogP contribution in [0.2, 0.25) is 0 Å². The summed E-state index contributed by atoms with van der Waals surface area (Å²) in [5.41, 5.74) is 1.54. The highest BCUT2D eigenvalue weighted by Crippen LogP contribution is 2.29. The minimum absolute atomic E-state index is 0.0310. The number of carbonyl (C=O) groups excluding carboxylic acids is 2. The highest BCUT2D eigenvalue weighted by atomic mass is 79.9. The van der Waals surface area contributed by atoms with Crippen molar-refractivity contribution in [1.29, 1.82) is 0 Å². The van der Waals surface area contributed by atoms with Crippen LogP contribution < -0.4 is 0 Å². The van der Waals surface area contributed by atoms with Crippen LogP contribution in [0.3, 0.4) is 0 Å². The van der Waals surface area contributed by atoms with Crippen LogP contribution in [-0.4, -0.2) is 36.0 Å². The van der Waals surface area contributed by atoms with Gasteiger partial charge in [-0.2, -0.15) is 0 Å². The molecule has 1 aliphatic carbocycles. The number of hydrogen-bond acceptors (Lipinski definition) is 3. The van der Waals surface area contributed by atoms with E-state index in [1.807, 2.05) is 19.1 Å². The van der Waals surface area contributed by atoms with Crippen LogP contribution in [-0.2, 0) is 9.53 Å². The third-order valence-corrected chi connectivity index (χ3v) is 3.78. The number of halogens is 1. The molecule has 1 aromatic rings. The number of aryl methyl sites for hydroxylation is 1. The Bertz CT molecular complexity index is 526. The average molecular weight is 340 g/mol. The van der Waals surface area contributed by atoms with Crippen molar-refractivity contribution in [3.63, 3.8) is 0 Å². The highest BCUT2D eigenvalue weighted by Gasteiger charge is 2.35. The van der Waals surface area contributed by atoms with E-state index in [4.69, 9.17) is 4.74 Å². The van der Waals surface area contributed by atoms with Gasteiger partial charge in [-0.25, -0.2) is 0 Å². The first-order chi connectivity index (χ1) is 9.52. The minimum atomic E-state index is -0.347.